The summed E-state index contributed by atoms with van der Waals surface area (Å²) in [4.78, 5) is 17.5. The quantitative estimate of drug-likeness (QED) is 0.883. The van der Waals surface area contributed by atoms with E-state index in [0.717, 1.165) is 12.1 Å². The van der Waals surface area contributed by atoms with E-state index in [-0.39, 0.29) is 17.2 Å². The Labute approximate surface area is 104 Å². The molecule has 0 unspecified atom stereocenters. The van der Waals surface area contributed by atoms with Gasteiger partial charge in [-0.3, -0.25) is 5.32 Å². The number of nitrogens with zero attached hydrogens (tertiary/aromatic N) is 1. The largest absolute Gasteiger partial charge is 0.573 e. The molecule has 0 aliphatic heterocycles. The molecule has 9 heteroatoms. The average Bonchev–Trinajstić information content (AvgIpc) is 2.68. The normalized spacial score (nSPS) is 11.4. The first-order valence-electron chi connectivity index (χ1n) is 4.98. The lowest BCUT2D eigenvalue weighted by atomic mass is 10.3. The van der Waals surface area contributed by atoms with Crippen LogP contribution in [0.4, 0.5) is 23.9 Å². The molecule has 1 aromatic carbocycles. The number of nitrogens with one attached hydrogen (secondary N) is 2. The van der Waals surface area contributed by atoms with Crippen molar-refractivity contribution < 1.29 is 27.4 Å². The standard InChI is InChI=1S/C10H8F3N3O3/c1-18-9(17)16-8-14-6-3-2-5(4-7(6)15-8)19-10(11,12)13/h2-4H,1H3,(H2,14,15,16,17). The van der Waals surface area contributed by atoms with Crippen molar-refractivity contribution in [3.8, 4) is 5.75 Å². The summed E-state index contributed by atoms with van der Waals surface area (Å²) in [5.41, 5.74) is 0.661. The number of ether oxygens (including phenoxy) is 2. The highest BCUT2D eigenvalue weighted by Gasteiger charge is 2.31. The van der Waals surface area contributed by atoms with Crippen molar-refractivity contribution in [2.75, 3.05) is 12.4 Å². The number of benzene rings is 1. The van der Waals surface area contributed by atoms with Crippen molar-refractivity contribution in [3.05, 3.63) is 18.2 Å². The number of amides is 1. The van der Waals surface area contributed by atoms with E-state index in [1.165, 1.54) is 13.2 Å². The minimum absolute atomic E-state index is 0.0611. The molecule has 0 radical (unpaired) electrons. The monoisotopic (exact) mass is 275 g/mol. The van der Waals surface area contributed by atoms with E-state index in [9.17, 15) is 18.0 Å². The molecule has 6 nitrogen and oxygen atoms in total. The van der Waals surface area contributed by atoms with E-state index in [1.54, 1.807) is 0 Å². The Morgan fingerprint density at radius 1 is 1.42 bits per heavy atom. The molecule has 0 atom stereocenters. The molecule has 2 rings (SSSR count). The van der Waals surface area contributed by atoms with E-state index in [4.69, 9.17) is 0 Å². The number of anilines is 1. The summed E-state index contributed by atoms with van der Waals surface area (Å²) in [6.07, 6.45) is -5.51. The van der Waals surface area contributed by atoms with Crippen LogP contribution in [-0.4, -0.2) is 29.5 Å². The molecule has 0 fully saturated rings. The maximum absolute atomic E-state index is 12.0. The predicted octanol–water partition coefficient (Wildman–Crippen LogP) is 2.64. The number of H-pyrrole nitrogens is 1. The Kier molecular flexibility index (Phi) is 3.19. The number of aromatic amines is 1. The van der Waals surface area contributed by atoms with Gasteiger partial charge < -0.3 is 14.5 Å². The molecule has 0 saturated carbocycles. The zero-order valence-corrected chi connectivity index (χ0v) is 9.54. The van der Waals surface area contributed by atoms with Gasteiger partial charge in [0.15, 0.2) is 0 Å². The number of carbonyl (C=O) groups is 1. The molecule has 0 bridgehead atoms. The van der Waals surface area contributed by atoms with Gasteiger partial charge in [0.25, 0.3) is 0 Å². The van der Waals surface area contributed by atoms with E-state index in [2.05, 4.69) is 24.8 Å². The van der Waals surface area contributed by atoms with Gasteiger partial charge in [-0.1, -0.05) is 0 Å². The minimum Gasteiger partial charge on any atom is -0.453 e. The fourth-order valence-electron chi connectivity index (χ4n) is 1.39. The lowest BCUT2D eigenvalue weighted by Gasteiger charge is -2.07. The van der Waals surface area contributed by atoms with Gasteiger partial charge >= 0.3 is 12.5 Å². The van der Waals surface area contributed by atoms with Gasteiger partial charge in [-0.05, 0) is 12.1 Å². The molecule has 19 heavy (non-hydrogen) atoms. The molecule has 1 amide bonds. The van der Waals surface area contributed by atoms with E-state index in [0.29, 0.717) is 5.52 Å². The second kappa shape index (κ2) is 4.67. The van der Waals surface area contributed by atoms with Gasteiger partial charge in [0.2, 0.25) is 5.95 Å². The number of carbonyl (C=O) groups excluding carboxylic acids is 1. The van der Waals surface area contributed by atoms with Crippen LogP contribution in [-0.2, 0) is 4.74 Å². The van der Waals surface area contributed by atoms with Gasteiger partial charge in [0.05, 0.1) is 18.1 Å². The van der Waals surface area contributed by atoms with Crippen LogP contribution in [0.25, 0.3) is 11.0 Å². The minimum atomic E-state index is -4.76. The number of halogens is 3. The van der Waals surface area contributed by atoms with Gasteiger partial charge in [-0.15, -0.1) is 13.2 Å². The highest BCUT2D eigenvalue weighted by molar-refractivity contribution is 5.86. The second-order valence-electron chi connectivity index (χ2n) is 3.43. The Balaban J connectivity index is 2.26. The summed E-state index contributed by atoms with van der Waals surface area (Å²) in [5, 5.41) is 2.26. The summed E-state index contributed by atoms with van der Waals surface area (Å²) >= 11 is 0. The summed E-state index contributed by atoms with van der Waals surface area (Å²) in [6, 6.07) is 3.58. The van der Waals surface area contributed by atoms with Crippen molar-refractivity contribution in [1.82, 2.24) is 9.97 Å². The van der Waals surface area contributed by atoms with E-state index < -0.39 is 12.5 Å². The molecule has 1 aromatic heterocycles. The number of hydrogen-bond acceptors (Lipinski definition) is 4. The van der Waals surface area contributed by atoms with Gasteiger partial charge in [-0.2, -0.15) is 0 Å². The zero-order chi connectivity index (χ0) is 14.0. The third-order valence-corrected chi connectivity index (χ3v) is 2.09. The number of fused-ring (bicyclic) bond motifs is 1. The van der Waals surface area contributed by atoms with Crippen molar-refractivity contribution in [3.63, 3.8) is 0 Å². The van der Waals surface area contributed by atoms with Crippen LogP contribution in [0, 0.1) is 0 Å². The Morgan fingerprint density at radius 3 is 2.79 bits per heavy atom. The number of imidazole rings is 1. The fraction of sp³-hybridized carbons (Fsp3) is 0.200. The van der Waals surface area contributed by atoms with Crippen LogP contribution in [0.1, 0.15) is 0 Å². The molecule has 2 N–H and O–H groups in total. The summed E-state index contributed by atoms with van der Waals surface area (Å²) < 4.78 is 44.2. The Morgan fingerprint density at radius 2 is 2.16 bits per heavy atom. The molecule has 0 spiro atoms. The fourth-order valence-corrected chi connectivity index (χ4v) is 1.39. The average molecular weight is 275 g/mol. The molecule has 2 aromatic rings. The molecule has 0 aliphatic rings. The highest BCUT2D eigenvalue weighted by atomic mass is 19.4. The first-order chi connectivity index (χ1) is 8.87. The lowest BCUT2D eigenvalue weighted by molar-refractivity contribution is -0.274. The summed E-state index contributed by atoms with van der Waals surface area (Å²) in [6.45, 7) is 0. The maximum Gasteiger partial charge on any atom is 0.573 e. The smallest absolute Gasteiger partial charge is 0.453 e. The number of hydrogen-bond donors (Lipinski definition) is 2. The number of methoxy groups -OCH3 is 1. The third kappa shape index (κ3) is 3.27. The van der Waals surface area contributed by atoms with Crippen LogP contribution in [0.3, 0.4) is 0 Å². The lowest BCUT2D eigenvalue weighted by Crippen LogP contribution is -2.16. The molecule has 102 valence electrons. The topological polar surface area (TPSA) is 76.2 Å². The van der Waals surface area contributed by atoms with Crippen molar-refractivity contribution in [2.24, 2.45) is 0 Å². The van der Waals surface area contributed by atoms with Crippen LogP contribution in [0.15, 0.2) is 18.2 Å². The van der Waals surface area contributed by atoms with Crippen LogP contribution in [0.5, 0.6) is 5.75 Å². The zero-order valence-electron chi connectivity index (χ0n) is 9.54. The maximum atomic E-state index is 12.0. The van der Waals surface area contributed by atoms with Crippen LogP contribution in [0.2, 0.25) is 0 Å². The third-order valence-electron chi connectivity index (χ3n) is 2.09. The SMILES string of the molecule is COC(=O)Nc1nc2ccc(OC(F)(F)F)cc2[nH]1. The molecular formula is C10H8F3N3O3. The van der Waals surface area contributed by atoms with Crippen molar-refractivity contribution in [1.29, 1.82) is 0 Å². The summed E-state index contributed by atoms with van der Waals surface area (Å²) in [5.74, 6) is -0.320. The Hall–Kier alpha value is -2.45. The first-order valence-corrected chi connectivity index (χ1v) is 4.98. The second-order valence-corrected chi connectivity index (χ2v) is 3.43. The molecular weight excluding hydrogens is 267 g/mol. The molecule has 1 heterocycles. The Bertz CT molecular complexity index is 609. The molecule has 0 saturated heterocycles. The molecule has 0 aliphatic carbocycles. The number of aromatic nitrogens is 2. The predicted molar refractivity (Wildman–Crippen MR) is 58.8 cm³/mol. The van der Waals surface area contributed by atoms with Crippen LogP contribution >= 0.6 is 0 Å². The number of alkyl halides is 3. The summed E-state index contributed by atoms with van der Waals surface area (Å²) in [7, 11) is 1.17. The van der Waals surface area contributed by atoms with Crippen molar-refractivity contribution >= 4 is 23.1 Å². The highest BCUT2D eigenvalue weighted by Crippen LogP contribution is 2.26. The first kappa shape index (κ1) is 13.0. The van der Waals surface area contributed by atoms with Crippen molar-refractivity contribution in [2.45, 2.75) is 6.36 Å². The van der Waals surface area contributed by atoms with Crippen LogP contribution < -0.4 is 10.1 Å². The van der Waals surface area contributed by atoms with Gasteiger partial charge in [0.1, 0.15) is 5.75 Å². The van der Waals surface area contributed by atoms with Gasteiger partial charge in [0, 0.05) is 6.07 Å². The van der Waals surface area contributed by atoms with E-state index in [1.807, 2.05) is 0 Å². The van der Waals surface area contributed by atoms with E-state index >= 15 is 0 Å². The van der Waals surface area contributed by atoms with Gasteiger partial charge in [-0.25, -0.2) is 9.78 Å². The number of rotatable bonds is 2.